The smallest absolute Gasteiger partial charge is 0.329 e. The Balaban J connectivity index is 2.70. The third kappa shape index (κ3) is 3.63. The van der Waals surface area contributed by atoms with Gasteiger partial charge in [0.1, 0.15) is 11.6 Å². The van der Waals surface area contributed by atoms with E-state index < -0.39 is 17.6 Å². The van der Waals surface area contributed by atoms with Crippen LogP contribution in [0.4, 0.5) is 0 Å². The fraction of sp³-hybridized carbons (Fsp3) is 0.500. The summed E-state index contributed by atoms with van der Waals surface area (Å²) in [7, 11) is 0. The summed E-state index contributed by atoms with van der Waals surface area (Å²) in [6, 6.07) is -0.877. The van der Waals surface area contributed by atoms with Crippen LogP contribution in [0, 0.1) is 0 Å². The monoisotopic (exact) mass is 209 g/mol. The first-order chi connectivity index (χ1) is 6.90. The number of carbonyl (C=O) groups excluding carboxylic acids is 1. The highest BCUT2D eigenvalue weighted by Crippen LogP contribution is 2.13. The van der Waals surface area contributed by atoms with Crippen molar-refractivity contribution >= 4 is 5.97 Å². The van der Waals surface area contributed by atoms with Crippen molar-refractivity contribution in [2.45, 2.75) is 32.4 Å². The molecular weight excluding hydrogens is 194 g/mol. The molecule has 82 valence electrons. The van der Waals surface area contributed by atoms with Crippen LogP contribution in [0.1, 0.15) is 32.5 Å². The van der Waals surface area contributed by atoms with Crippen molar-refractivity contribution in [3.05, 3.63) is 24.3 Å². The number of nitrogens with two attached hydrogens (primary N) is 1. The van der Waals surface area contributed by atoms with Gasteiger partial charge in [-0.3, -0.25) is 9.97 Å². The molecule has 15 heavy (non-hydrogen) atoms. The fourth-order valence-electron chi connectivity index (χ4n) is 0.957. The molecule has 0 aromatic carbocycles. The fourth-order valence-corrected chi connectivity index (χ4v) is 0.957. The standard InChI is InChI=1S/C10H15N3O2/c1-10(2,3)15-9(14)8(11)7-6-12-4-5-13-7/h4-6,8H,11H2,1-3H3. The van der Waals surface area contributed by atoms with Crippen LogP contribution < -0.4 is 5.73 Å². The average molecular weight is 209 g/mol. The number of hydrogen-bond acceptors (Lipinski definition) is 5. The maximum atomic E-state index is 11.5. The zero-order valence-electron chi connectivity index (χ0n) is 9.10. The highest BCUT2D eigenvalue weighted by Gasteiger charge is 2.24. The lowest BCUT2D eigenvalue weighted by molar-refractivity contribution is -0.156. The van der Waals surface area contributed by atoms with E-state index in [1.165, 1.54) is 18.6 Å². The number of esters is 1. The molecule has 1 heterocycles. The van der Waals surface area contributed by atoms with Crippen molar-refractivity contribution < 1.29 is 9.53 Å². The van der Waals surface area contributed by atoms with Crippen molar-refractivity contribution in [1.29, 1.82) is 0 Å². The number of aromatic nitrogens is 2. The summed E-state index contributed by atoms with van der Waals surface area (Å²) in [5.74, 6) is -0.497. The predicted octanol–water partition coefficient (Wildman–Crippen LogP) is 0.818. The van der Waals surface area contributed by atoms with Crippen LogP contribution in [-0.2, 0) is 9.53 Å². The molecule has 2 N–H and O–H groups in total. The Morgan fingerprint density at radius 3 is 2.60 bits per heavy atom. The number of rotatable bonds is 2. The van der Waals surface area contributed by atoms with Crippen LogP contribution in [-0.4, -0.2) is 21.5 Å². The Kier molecular flexibility index (Phi) is 3.36. The molecule has 5 heteroatoms. The van der Waals surface area contributed by atoms with Gasteiger partial charge < -0.3 is 10.5 Å². The van der Waals surface area contributed by atoms with Gasteiger partial charge in [-0.05, 0) is 20.8 Å². The summed E-state index contributed by atoms with van der Waals surface area (Å²) in [4.78, 5) is 19.3. The van der Waals surface area contributed by atoms with Gasteiger partial charge in [-0.15, -0.1) is 0 Å². The van der Waals surface area contributed by atoms with Crippen LogP contribution in [0.2, 0.25) is 0 Å². The average Bonchev–Trinajstić information content (AvgIpc) is 2.15. The number of ether oxygens (including phenoxy) is 1. The minimum atomic E-state index is -0.877. The van der Waals surface area contributed by atoms with Gasteiger partial charge in [-0.2, -0.15) is 0 Å². The SMILES string of the molecule is CC(C)(C)OC(=O)C(N)c1cnccn1. The summed E-state index contributed by atoms with van der Waals surface area (Å²) < 4.78 is 5.12. The Morgan fingerprint density at radius 2 is 2.13 bits per heavy atom. The van der Waals surface area contributed by atoms with E-state index in [1.54, 1.807) is 20.8 Å². The van der Waals surface area contributed by atoms with E-state index in [-0.39, 0.29) is 0 Å². The summed E-state index contributed by atoms with van der Waals surface area (Å²) in [5, 5.41) is 0. The van der Waals surface area contributed by atoms with Crippen molar-refractivity contribution in [2.75, 3.05) is 0 Å². The third-order valence-corrected chi connectivity index (χ3v) is 1.56. The molecule has 5 nitrogen and oxygen atoms in total. The van der Waals surface area contributed by atoms with E-state index >= 15 is 0 Å². The Bertz CT molecular complexity index is 332. The minimum absolute atomic E-state index is 0.409. The molecule has 0 saturated heterocycles. The van der Waals surface area contributed by atoms with Crippen LogP contribution in [0.5, 0.6) is 0 Å². The van der Waals surface area contributed by atoms with E-state index in [4.69, 9.17) is 10.5 Å². The summed E-state index contributed by atoms with van der Waals surface area (Å²) in [6.45, 7) is 5.36. The van der Waals surface area contributed by atoms with Crippen molar-refractivity contribution in [1.82, 2.24) is 9.97 Å². The minimum Gasteiger partial charge on any atom is -0.459 e. The highest BCUT2D eigenvalue weighted by molar-refractivity contribution is 5.77. The van der Waals surface area contributed by atoms with Crippen molar-refractivity contribution in [3.63, 3.8) is 0 Å². The number of carbonyl (C=O) groups is 1. The van der Waals surface area contributed by atoms with E-state index in [1.807, 2.05) is 0 Å². The lowest BCUT2D eigenvalue weighted by Crippen LogP contribution is -2.32. The molecule has 0 spiro atoms. The quantitative estimate of drug-likeness (QED) is 0.729. The van der Waals surface area contributed by atoms with E-state index in [0.29, 0.717) is 5.69 Å². The predicted molar refractivity (Wildman–Crippen MR) is 54.8 cm³/mol. The van der Waals surface area contributed by atoms with E-state index in [2.05, 4.69) is 9.97 Å². The van der Waals surface area contributed by atoms with Gasteiger partial charge in [0.25, 0.3) is 0 Å². The maximum Gasteiger partial charge on any atom is 0.329 e. The largest absolute Gasteiger partial charge is 0.459 e. The van der Waals surface area contributed by atoms with Gasteiger partial charge in [0.15, 0.2) is 0 Å². The number of hydrogen-bond donors (Lipinski definition) is 1. The summed E-state index contributed by atoms with van der Waals surface area (Å²) in [6.07, 6.45) is 4.46. The molecular formula is C10H15N3O2. The van der Waals surface area contributed by atoms with Crippen molar-refractivity contribution in [2.24, 2.45) is 5.73 Å². The summed E-state index contributed by atoms with van der Waals surface area (Å²) in [5.41, 5.74) is 5.53. The molecule has 0 amide bonds. The van der Waals surface area contributed by atoms with Crippen LogP contribution in [0.15, 0.2) is 18.6 Å². The molecule has 1 aromatic heterocycles. The number of nitrogens with zero attached hydrogens (tertiary/aromatic N) is 2. The lowest BCUT2D eigenvalue weighted by atomic mass is 10.2. The molecule has 0 saturated carbocycles. The van der Waals surface area contributed by atoms with Crippen LogP contribution in [0.3, 0.4) is 0 Å². The zero-order valence-corrected chi connectivity index (χ0v) is 9.10. The molecule has 0 radical (unpaired) electrons. The van der Waals surface area contributed by atoms with Gasteiger partial charge in [-0.1, -0.05) is 0 Å². The summed E-state index contributed by atoms with van der Waals surface area (Å²) >= 11 is 0. The second-order valence-corrected chi connectivity index (χ2v) is 4.14. The molecule has 0 aliphatic heterocycles. The first-order valence-electron chi connectivity index (χ1n) is 4.64. The Hall–Kier alpha value is -1.49. The van der Waals surface area contributed by atoms with Gasteiger partial charge in [-0.25, -0.2) is 4.79 Å². The molecule has 1 aromatic rings. The lowest BCUT2D eigenvalue weighted by Gasteiger charge is -2.21. The third-order valence-electron chi connectivity index (χ3n) is 1.56. The molecule has 1 unspecified atom stereocenters. The molecule has 0 aliphatic carbocycles. The van der Waals surface area contributed by atoms with Gasteiger partial charge >= 0.3 is 5.97 Å². The second kappa shape index (κ2) is 4.35. The highest BCUT2D eigenvalue weighted by atomic mass is 16.6. The Labute approximate surface area is 88.7 Å². The molecule has 0 fully saturated rings. The molecule has 0 bridgehead atoms. The maximum absolute atomic E-state index is 11.5. The normalized spacial score (nSPS) is 13.3. The van der Waals surface area contributed by atoms with Crippen LogP contribution in [0.25, 0.3) is 0 Å². The van der Waals surface area contributed by atoms with Gasteiger partial charge in [0.05, 0.1) is 11.9 Å². The van der Waals surface area contributed by atoms with E-state index in [0.717, 1.165) is 0 Å². The first-order valence-corrected chi connectivity index (χ1v) is 4.64. The van der Waals surface area contributed by atoms with Gasteiger partial charge in [0, 0.05) is 12.4 Å². The topological polar surface area (TPSA) is 78.1 Å². The molecule has 1 atom stereocenters. The molecule has 0 aliphatic rings. The second-order valence-electron chi connectivity index (χ2n) is 4.14. The zero-order chi connectivity index (χ0) is 11.5. The Morgan fingerprint density at radius 1 is 1.47 bits per heavy atom. The van der Waals surface area contributed by atoms with E-state index in [9.17, 15) is 4.79 Å². The molecule has 1 rings (SSSR count). The van der Waals surface area contributed by atoms with Crippen LogP contribution >= 0.6 is 0 Å². The van der Waals surface area contributed by atoms with Gasteiger partial charge in [0.2, 0.25) is 0 Å². The first kappa shape index (κ1) is 11.6. The van der Waals surface area contributed by atoms with Crippen molar-refractivity contribution in [3.8, 4) is 0 Å².